The van der Waals surface area contributed by atoms with Crippen LogP contribution >= 0.6 is 11.8 Å². The van der Waals surface area contributed by atoms with Gasteiger partial charge in [-0.2, -0.15) is 0 Å². The average molecular weight is 378 g/mol. The van der Waals surface area contributed by atoms with E-state index in [9.17, 15) is 4.79 Å². The van der Waals surface area contributed by atoms with Gasteiger partial charge in [0, 0.05) is 17.8 Å². The number of nitrogens with one attached hydrogen (secondary N) is 1. The number of carbonyl (C=O) groups is 1. The predicted molar refractivity (Wildman–Crippen MR) is 111 cm³/mol. The Labute approximate surface area is 164 Å². The van der Waals surface area contributed by atoms with Crippen LogP contribution in [-0.2, 0) is 6.42 Å². The van der Waals surface area contributed by atoms with Gasteiger partial charge in [-0.25, -0.2) is 9.97 Å². The van der Waals surface area contributed by atoms with Crippen LogP contribution in [0.25, 0.3) is 11.3 Å². The molecule has 1 heterocycles. The molecule has 2 aromatic carbocycles. The molecule has 5 heteroatoms. The fraction of sp³-hybridized carbons (Fsp3) is 0.227. The van der Waals surface area contributed by atoms with Gasteiger partial charge in [-0.1, -0.05) is 72.4 Å². The zero-order valence-corrected chi connectivity index (χ0v) is 16.4. The SMILES string of the molecule is CSc1ncc(C(=O)N[C@H](C)CCc2ccccc2)c(-c2ccccc2)n1. The van der Waals surface area contributed by atoms with E-state index >= 15 is 0 Å². The molecule has 1 amide bonds. The lowest BCUT2D eigenvalue weighted by atomic mass is 10.0. The molecule has 0 spiro atoms. The van der Waals surface area contributed by atoms with Crippen molar-refractivity contribution in [3.8, 4) is 11.3 Å². The Balaban J connectivity index is 1.74. The van der Waals surface area contributed by atoms with E-state index in [1.54, 1.807) is 6.20 Å². The lowest BCUT2D eigenvalue weighted by molar-refractivity contribution is 0.0938. The standard InChI is InChI=1S/C22H23N3OS/c1-16(13-14-17-9-5-3-6-10-17)24-21(26)19-15-23-22(27-2)25-20(19)18-11-7-4-8-12-18/h3-12,15-16H,13-14H2,1-2H3,(H,24,26)/t16-/m1/s1. The Morgan fingerprint density at radius 3 is 2.41 bits per heavy atom. The van der Waals surface area contributed by atoms with Crippen LogP contribution in [0.15, 0.2) is 72.0 Å². The largest absolute Gasteiger partial charge is 0.349 e. The third kappa shape index (κ3) is 5.17. The minimum atomic E-state index is -0.137. The van der Waals surface area contributed by atoms with E-state index in [-0.39, 0.29) is 11.9 Å². The fourth-order valence-electron chi connectivity index (χ4n) is 2.85. The molecular formula is C22H23N3OS. The highest BCUT2D eigenvalue weighted by Crippen LogP contribution is 2.23. The number of hydrogen-bond donors (Lipinski definition) is 1. The molecule has 1 N–H and O–H groups in total. The van der Waals surface area contributed by atoms with Gasteiger partial charge in [-0.15, -0.1) is 0 Å². The van der Waals surface area contributed by atoms with Crippen molar-refractivity contribution in [1.82, 2.24) is 15.3 Å². The number of amides is 1. The molecule has 0 aliphatic heterocycles. The second-order valence-electron chi connectivity index (χ2n) is 6.38. The number of benzene rings is 2. The zero-order chi connectivity index (χ0) is 19.1. The molecule has 1 atom stereocenters. The van der Waals surface area contributed by atoms with E-state index in [2.05, 4.69) is 27.4 Å². The smallest absolute Gasteiger partial charge is 0.255 e. The Kier molecular flexibility index (Phi) is 6.60. The molecule has 0 aliphatic rings. The Hall–Kier alpha value is -2.66. The maximum atomic E-state index is 12.9. The molecule has 3 rings (SSSR count). The highest BCUT2D eigenvalue weighted by molar-refractivity contribution is 7.98. The van der Waals surface area contributed by atoms with Gasteiger partial charge in [0.25, 0.3) is 5.91 Å². The van der Waals surface area contributed by atoms with Crippen molar-refractivity contribution in [2.24, 2.45) is 0 Å². The number of aromatic nitrogens is 2. The molecule has 138 valence electrons. The van der Waals surface area contributed by atoms with Crippen LogP contribution in [-0.4, -0.2) is 28.2 Å². The van der Waals surface area contributed by atoms with E-state index in [0.717, 1.165) is 18.4 Å². The van der Waals surface area contributed by atoms with Crippen LogP contribution in [0.1, 0.15) is 29.3 Å². The summed E-state index contributed by atoms with van der Waals surface area (Å²) in [6.45, 7) is 2.03. The molecule has 4 nitrogen and oxygen atoms in total. The van der Waals surface area contributed by atoms with Crippen molar-refractivity contribution in [2.45, 2.75) is 31.0 Å². The molecule has 0 bridgehead atoms. The van der Waals surface area contributed by atoms with Gasteiger partial charge in [-0.3, -0.25) is 4.79 Å². The van der Waals surface area contributed by atoms with Crippen LogP contribution in [0.2, 0.25) is 0 Å². The highest BCUT2D eigenvalue weighted by atomic mass is 32.2. The zero-order valence-electron chi connectivity index (χ0n) is 15.6. The Morgan fingerprint density at radius 1 is 1.07 bits per heavy atom. The first kappa shape index (κ1) is 19.1. The van der Waals surface area contributed by atoms with Crippen molar-refractivity contribution in [3.05, 3.63) is 78.0 Å². The summed E-state index contributed by atoms with van der Waals surface area (Å²) in [5.41, 5.74) is 3.36. The Morgan fingerprint density at radius 2 is 1.74 bits per heavy atom. The fourth-order valence-corrected chi connectivity index (χ4v) is 3.19. The predicted octanol–water partition coefficient (Wildman–Crippen LogP) is 4.62. The quantitative estimate of drug-likeness (QED) is 0.482. The molecule has 27 heavy (non-hydrogen) atoms. The number of rotatable bonds is 7. The van der Waals surface area contributed by atoms with Gasteiger partial charge in [0.05, 0.1) is 11.3 Å². The molecular weight excluding hydrogens is 354 g/mol. The van der Waals surface area contributed by atoms with Crippen LogP contribution < -0.4 is 5.32 Å². The van der Waals surface area contributed by atoms with E-state index < -0.39 is 0 Å². The van der Waals surface area contributed by atoms with E-state index in [1.165, 1.54) is 17.3 Å². The number of nitrogens with zero attached hydrogens (tertiary/aromatic N) is 2. The molecule has 0 fully saturated rings. The van der Waals surface area contributed by atoms with Gasteiger partial charge < -0.3 is 5.32 Å². The van der Waals surface area contributed by atoms with Crippen LogP contribution in [0.3, 0.4) is 0 Å². The molecule has 3 aromatic rings. The van der Waals surface area contributed by atoms with E-state index in [4.69, 9.17) is 0 Å². The van der Waals surface area contributed by atoms with Crippen molar-refractivity contribution < 1.29 is 4.79 Å². The van der Waals surface area contributed by atoms with Gasteiger partial charge in [0.2, 0.25) is 0 Å². The average Bonchev–Trinajstić information content (AvgIpc) is 2.73. The normalized spacial score (nSPS) is 11.8. The maximum Gasteiger partial charge on any atom is 0.255 e. The van der Waals surface area contributed by atoms with E-state index in [1.807, 2.05) is 61.7 Å². The number of thioether (sulfide) groups is 1. The van der Waals surface area contributed by atoms with Gasteiger partial charge in [0.15, 0.2) is 5.16 Å². The number of carbonyl (C=O) groups excluding carboxylic acids is 1. The van der Waals surface area contributed by atoms with Crippen LogP contribution in [0.5, 0.6) is 0 Å². The van der Waals surface area contributed by atoms with E-state index in [0.29, 0.717) is 16.4 Å². The molecule has 0 aliphatic carbocycles. The minimum Gasteiger partial charge on any atom is -0.349 e. The number of hydrogen-bond acceptors (Lipinski definition) is 4. The minimum absolute atomic E-state index is 0.0570. The Bertz CT molecular complexity index is 885. The first-order chi connectivity index (χ1) is 13.2. The molecule has 0 radical (unpaired) electrons. The second kappa shape index (κ2) is 9.33. The summed E-state index contributed by atoms with van der Waals surface area (Å²) in [6.07, 6.45) is 5.35. The monoisotopic (exact) mass is 377 g/mol. The number of aryl methyl sites for hydroxylation is 1. The molecule has 0 saturated heterocycles. The summed E-state index contributed by atoms with van der Waals surface area (Å²) >= 11 is 1.46. The lowest BCUT2D eigenvalue weighted by Crippen LogP contribution is -2.33. The van der Waals surface area contributed by atoms with Crippen molar-refractivity contribution >= 4 is 17.7 Å². The molecule has 1 aromatic heterocycles. The summed E-state index contributed by atoms with van der Waals surface area (Å²) < 4.78 is 0. The summed E-state index contributed by atoms with van der Waals surface area (Å²) in [6, 6.07) is 20.1. The summed E-state index contributed by atoms with van der Waals surface area (Å²) in [7, 11) is 0. The molecule has 0 saturated carbocycles. The van der Waals surface area contributed by atoms with Crippen molar-refractivity contribution in [3.63, 3.8) is 0 Å². The third-order valence-electron chi connectivity index (χ3n) is 4.33. The van der Waals surface area contributed by atoms with Crippen molar-refractivity contribution in [2.75, 3.05) is 6.26 Å². The van der Waals surface area contributed by atoms with Gasteiger partial charge in [0.1, 0.15) is 0 Å². The topological polar surface area (TPSA) is 54.9 Å². The summed E-state index contributed by atoms with van der Waals surface area (Å²) in [5.74, 6) is -0.137. The van der Waals surface area contributed by atoms with Gasteiger partial charge >= 0.3 is 0 Å². The van der Waals surface area contributed by atoms with Crippen molar-refractivity contribution in [1.29, 1.82) is 0 Å². The summed E-state index contributed by atoms with van der Waals surface area (Å²) in [5, 5.41) is 3.74. The lowest BCUT2D eigenvalue weighted by Gasteiger charge is -2.15. The van der Waals surface area contributed by atoms with Crippen LogP contribution in [0, 0.1) is 0 Å². The first-order valence-electron chi connectivity index (χ1n) is 8.98. The molecule has 0 unspecified atom stereocenters. The maximum absolute atomic E-state index is 12.9. The van der Waals surface area contributed by atoms with Gasteiger partial charge in [-0.05, 0) is 31.6 Å². The highest BCUT2D eigenvalue weighted by Gasteiger charge is 2.17. The second-order valence-corrected chi connectivity index (χ2v) is 7.16. The first-order valence-corrected chi connectivity index (χ1v) is 10.2. The summed E-state index contributed by atoms with van der Waals surface area (Å²) in [4.78, 5) is 21.7. The van der Waals surface area contributed by atoms with Crippen LogP contribution in [0.4, 0.5) is 0 Å². The third-order valence-corrected chi connectivity index (χ3v) is 4.89.